The van der Waals surface area contributed by atoms with Crippen molar-refractivity contribution in [2.24, 2.45) is 0 Å². The normalized spacial score (nSPS) is 19.9. The smallest absolute Gasteiger partial charge is 0.270 e. The number of rotatable bonds is 4. The van der Waals surface area contributed by atoms with Crippen molar-refractivity contribution in [3.05, 3.63) is 52.3 Å². The SMILES string of the molecule is Cc1cn2c(C(=O)NCc3cccc(N4CC(C)OC(C)C4)c3)c(C)nc2s1. The molecule has 0 saturated carbocycles. The molecule has 3 heterocycles. The van der Waals surface area contributed by atoms with E-state index in [0.29, 0.717) is 12.2 Å². The Morgan fingerprint density at radius 2 is 2.04 bits per heavy atom. The number of benzene rings is 1. The van der Waals surface area contributed by atoms with Crippen LogP contribution in [0.2, 0.25) is 0 Å². The van der Waals surface area contributed by atoms with Crippen LogP contribution in [-0.2, 0) is 11.3 Å². The largest absolute Gasteiger partial charge is 0.372 e. The number of nitrogens with zero attached hydrogens (tertiary/aromatic N) is 3. The maximum absolute atomic E-state index is 12.8. The number of aryl methyl sites for hydroxylation is 2. The van der Waals surface area contributed by atoms with Gasteiger partial charge in [-0.05, 0) is 45.4 Å². The van der Waals surface area contributed by atoms with Gasteiger partial charge in [-0.3, -0.25) is 9.20 Å². The number of nitrogens with one attached hydrogen (secondary N) is 1. The summed E-state index contributed by atoms with van der Waals surface area (Å²) >= 11 is 1.59. The molecule has 1 amide bonds. The van der Waals surface area contributed by atoms with Gasteiger partial charge in [-0.1, -0.05) is 12.1 Å². The molecule has 1 aromatic carbocycles. The van der Waals surface area contributed by atoms with Crippen LogP contribution in [0, 0.1) is 13.8 Å². The fourth-order valence-electron chi connectivity index (χ4n) is 3.86. The molecule has 0 aliphatic carbocycles. The lowest BCUT2D eigenvalue weighted by Crippen LogP contribution is -2.45. The van der Waals surface area contributed by atoms with Crippen molar-refractivity contribution in [3.8, 4) is 0 Å². The van der Waals surface area contributed by atoms with Crippen LogP contribution in [0.4, 0.5) is 5.69 Å². The van der Waals surface area contributed by atoms with E-state index in [-0.39, 0.29) is 18.1 Å². The Kier molecular flexibility index (Phi) is 5.12. The molecule has 0 spiro atoms. The van der Waals surface area contributed by atoms with Gasteiger partial charge in [-0.15, -0.1) is 11.3 Å². The van der Waals surface area contributed by atoms with Gasteiger partial charge in [-0.2, -0.15) is 0 Å². The molecule has 2 aromatic heterocycles. The number of morpholine rings is 1. The van der Waals surface area contributed by atoms with Crippen LogP contribution in [-0.4, -0.2) is 40.6 Å². The number of carbonyl (C=O) groups excluding carboxylic acids is 1. The lowest BCUT2D eigenvalue weighted by atomic mass is 10.1. The number of anilines is 1. The second-order valence-corrected chi connectivity index (χ2v) is 8.77. The van der Waals surface area contributed by atoms with E-state index in [2.05, 4.69) is 41.2 Å². The van der Waals surface area contributed by atoms with E-state index in [4.69, 9.17) is 4.74 Å². The molecular weight excluding hydrogens is 372 g/mol. The second-order valence-electron chi connectivity index (χ2n) is 7.56. The van der Waals surface area contributed by atoms with Gasteiger partial charge in [0, 0.05) is 36.4 Å². The van der Waals surface area contributed by atoms with Gasteiger partial charge in [-0.25, -0.2) is 4.98 Å². The fourth-order valence-corrected chi connectivity index (χ4v) is 4.73. The van der Waals surface area contributed by atoms with Crippen molar-refractivity contribution in [2.75, 3.05) is 18.0 Å². The Balaban J connectivity index is 1.47. The molecule has 1 N–H and O–H groups in total. The second kappa shape index (κ2) is 7.56. The number of aromatic nitrogens is 2. The van der Waals surface area contributed by atoms with Crippen LogP contribution in [0.1, 0.15) is 40.5 Å². The molecular formula is C21H26N4O2S. The molecule has 2 unspecified atom stereocenters. The number of thiazole rings is 1. The van der Waals surface area contributed by atoms with Gasteiger partial charge < -0.3 is 15.0 Å². The highest BCUT2D eigenvalue weighted by Crippen LogP contribution is 2.23. The highest BCUT2D eigenvalue weighted by molar-refractivity contribution is 7.17. The van der Waals surface area contributed by atoms with Crippen molar-refractivity contribution in [1.82, 2.24) is 14.7 Å². The Hall–Kier alpha value is -2.38. The summed E-state index contributed by atoms with van der Waals surface area (Å²) in [4.78, 5) is 21.6. The molecule has 6 nitrogen and oxygen atoms in total. The summed E-state index contributed by atoms with van der Waals surface area (Å²) in [7, 11) is 0. The third-order valence-corrected chi connectivity index (χ3v) is 5.88. The summed E-state index contributed by atoms with van der Waals surface area (Å²) < 4.78 is 7.72. The first-order chi connectivity index (χ1) is 13.4. The summed E-state index contributed by atoms with van der Waals surface area (Å²) in [6.07, 6.45) is 2.40. The standard InChI is InChI=1S/C21H26N4O2S/c1-13-10-24(11-14(2)27-13)18-7-5-6-17(8-18)9-22-20(26)19-16(4)23-21-25(19)12-15(3)28-21/h5-8,12-14H,9-11H2,1-4H3,(H,22,26). The van der Waals surface area contributed by atoms with Crippen LogP contribution < -0.4 is 10.2 Å². The first-order valence-corrected chi connectivity index (χ1v) is 10.4. The molecule has 3 aromatic rings. The van der Waals surface area contributed by atoms with Crippen LogP contribution in [0.15, 0.2) is 30.5 Å². The zero-order valence-corrected chi connectivity index (χ0v) is 17.5. The molecule has 0 radical (unpaired) electrons. The number of amides is 1. The minimum atomic E-state index is -0.0955. The number of carbonyl (C=O) groups is 1. The third-order valence-electron chi connectivity index (χ3n) is 4.98. The Bertz CT molecular complexity index is 999. The van der Waals surface area contributed by atoms with Gasteiger partial charge in [0.1, 0.15) is 5.69 Å². The molecule has 2 atom stereocenters. The van der Waals surface area contributed by atoms with E-state index in [9.17, 15) is 4.79 Å². The minimum absolute atomic E-state index is 0.0955. The zero-order chi connectivity index (χ0) is 19.8. The predicted octanol–water partition coefficient (Wildman–Crippen LogP) is 3.56. The van der Waals surface area contributed by atoms with Crippen molar-refractivity contribution >= 4 is 27.9 Å². The van der Waals surface area contributed by atoms with E-state index in [1.165, 1.54) is 5.69 Å². The van der Waals surface area contributed by atoms with Crippen molar-refractivity contribution in [2.45, 2.75) is 46.4 Å². The van der Waals surface area contributed by atoms with Gasteiger partial charge in [0.05, 0.1) is 17.9 Å². The summed E-state index contributed by atoms with van der Waals surface area (Å²) in [6, 6.07) is 8.37. The van der Waals surface area contributed by atoms with Crippen molar-refractivity contribution in [3.63, 3.8) is 0 Å². The van der Waals surface area contributed by atoms with E-state index in [1.54, 1.807) is 11.3 Å². The van der Waals surface area contributed by atoms with Crippen LogP contribution in [0.5, 0.6) is 0 Å². The molecule has 1 aliphatic heterocycles. The predicted molar refractivity (Wildman–Crippen MR) is 112 cm³/mol. The van der Waals surface area contributed by atoms with E-state index in [1.807, 2.05) is 36.6 Å². The van der Waals surface area contributed by atoms with Crippen LogP contribution in [0.3, 0.4) is 0 Å². The Morgan fingerprint density at radius 3 is 2.79 bits per heavy atom. The van der Waals surface area contributed by atoms with Gasteiger partial charge in [0.25, 0.3) is 5.91 Å². The highest BCUT2D eigenvalue weighted by atomic mass is 32.1. The minimum Gasteiger partial charge on any atom is -0.372 e. The van der Waals surface area contributed by atoms with E-state index < -0.39 is 0 Å². The number of imidazole rings is 1. The summed E-state index contributed by atoms with van der Waals surface area (Å²) in [6.45, 7) is 10.4. The molecule has 4 rings (SSSR count). The van der Waals surface area contributed by atoms with Gasteiger partial charge in [0.15, 0.2) is 4.96 Å². The van der Waals surface area contributed by atoms with Crippen molar-refractivity contribution < 1.29 is 9.53 Å². The fraction of sp³-hybridized carbons (Fsp3) is 0.429. The van der Waals surface area contributed by atoms with Crippen LogP contribution >= 0.6 is 11.3 Å². The maximum Gasteiger partial charge on any atom is 0.270 e. The first kappa shape index (κ1) is 19.0. The lowest BCUT2D eigenvalue weighted by molar-refractivity contribution is -0.00522. The molecule has 1 fully saturated rings. The van der Waals surface area contributed by atoms with Gasteiger partial charge >= 0.3 is 0 Å². The number of hydrogen-bond acceptors (Lipinski definition) is 5. The Morgan fingerprint density at radius 1 is 1.29 bits per heavy atom. The zero-order valence-electron chi connectivity index (χ0n) is 16.7. The van der Waals surface area contributed by atoms with Crippen molar-refractivity contribution in [1.29, 1.82) is 0 Å². The maximum atomic E-state index is 12.8. The molecule has 1 aliphatic rings. The molecule has 28 heavy (non-hydrogen) atoms. The molecule has 7 heteroatoms. The quantitative estimate of drug-likeness (QED) is 0.730. The number of hydrogen-bond donors (Lipinski definition) is 1. The molecule has 0 bridgehead atoms. The summed E-state index contributed by atoms with van der Waals surface area (Å²) in [5, 5.41) is 3.05. The molecule has 1 saturated heterocycles. The topological polar surface area (TPSA) is 58.9 Å². The first-order valence-electron chi connectivity index (χ1n) is 9.63. The van der Waals surface area contributed by atoms with Gasteiger partial charge in [0.2, 0.25) is 0 Å². The average Bonchev–Trinajstić information content (AvgIpc) is 3.13. The Labute approximate surface area is 169 Å². The highest BCUT2D eigenvalue weighted by Gasteiger charge is 2.22. The number of ether oxygens (including phenoxy) is 1. The average molecular weight is 399 g/mol. The monoisotopic (exact) mass is 398 g/mol. The summed E-state index contributed by atoms with van der Waals surface area (Å²) in [5.41, 5.74) is 3.63. The van der Waals surface area contributed by atoms with E-state index in [0.717, 1.165) is 34.2 Å². The number of fused-ring (bicyclic) bond motifs is 1. The molecule has 148 valence electrons. The summed E-state index contributed by atoms with van der Waals surface area (Å²) in [5.74, 6) is -0.0955. The van der Waals surface area contributed by atoms with Crippen LogP contribution in [0.25, 0.3) is 4.96 Å². The lowest BCUT2D eigenvalue weighted by Gasteiger charge is -2.37. The third kappa shape index (κ3) is 3.77. The van der Waals surface area contributed by atoms with E-state index >= 15 is 0 Å².